The van der Waals surface area contributed by atoms with Crippen LogP contribution in [0.15, 0.2) is 46.8 Å². The second-order valence-corrected chi connectivity index (χ2v) is 11.0. The molecule has 168 valence electrons. The van der Waals surface area contributed by atoms with Crippen molar-refractivity contribution in [3.8, 4) is 0 Å². The molecule has 1 aromatic heterocycles. The van der Waals surface area contributed by atoms with E-state index in [1.807, 2.05) is 6.26 Å². The minimum atomic E-state index is -3.66. The third-order valence-corrected chi connectivity index (χ3v) is 8.25. The van der Waals surface area contributed by atoms with E-state index < -0.39 is 22.0 Å². The number of benzene rings is 1. The van der Waals surface area contributed by atoms with E-state index in [4.69, 9.17) is 0 Å². The maximum absolute atomic E-state index is 13.0. The van der Waals surface area contributed by atoms with Crippen molar-refractivity contribution in [2.24, 2.45) is 5.92 Å². The predicted octanol–water partition coefficient (Wildman–Crippen LogP) is 2.42. The van der Waals surface area contributed by atoms with Crippen molar-refractivity contribution in [1.82, 2.24) is 14.6 Å². The van der Waals surface area contributed by atoms with Gasteiger partial charge in [-0.25, -0.2) is 13.4 Å². The van der Waals surface area contributed by atoms with Crippen molar-refractivity contribution >= 4 is 50.1 Å². The molecule has 0 saturated carbocycles. The Kier molecular flexibility index (Phi) is 8.47. The summed E-state index contributed by atoms with van der Waals surface area (Å²) in [6.45, 7) is 0.480. The summed E-state index contributed by atoms with van der Waals surface area (Å²) in [4.78, 5) is 29.9. The monoisotopic (exact) mass is 482 g/mol. The number of rotatable bonds is 9. The van der Waals surface area contributed by atoms with Gasteiger partial charge in [-0.2, -0.15) is 16.1 Å². The number of aromatic nitrogens is 1. The Bertz CT molecular complexity index is 968. The lowest BCUT2D eigenvalue weighted by atomic mass is 9.98. The fourth-order valence-electron chi connectivity index (χ4n) is 3.39. The van der Waals surface area contributed by atoms with Gasteiger partial charge in [-0.05, 0) is 43.4 Å². The summed E-state index contributed by atoms with van der Waals surface area (Å²) in [5, 5.41) is 7.81. The van der Waals surface area contributed by atoms with Crippen LogP contribution in [0.2, 0.25) is 0 Å². The van der Waals surface area contributed by atoms with E-state index in [-0.39, 0.29) is 23.3 Å². The number of carbonyl (C=O) groups is 2. The van der Waals surface area contributed by atoms with Crippen LogP contribution in [-0.4, -0.2) is 60.7 Å². The zero-order valence-corrected chi connectivity index (χ0v) is 19.6. The molecule has 1 aliphatic rings. The highest BCUT2D eigenvalue weighted by molar-refractivity contribution is 7.98. The first kappa shape index (κ1) is 23.7. The van der Waals surface area contributed by atoms with Gasteiger partial charge in [0, 0.05) is 24.7 Å². The number of amides is 2. The quantitative estimate of drug-likeness (QED) is 0.568. The zero-order valence-electron chi connectivity index (χ0n) is 17.2. The number of sulfonamides is 1. The van der Waals surface area contributed by atoms with Crippen LogP contribution in [0, 0.1) is 5.92 Å². The van der Waals surface area contributed by atoms with Crippen molar-refractivity contribution in [1.29, 1.82) is 0 Å². The lowest BCUT2D eigenvalue weighted by molar-refractivity contribution is -0.130. The number of thioether (sulfide) groups is 1. The van der Waals surface area contributed by atoms with Crippen molar-refractivity contribution in [3.63, 3.8) is 0 Å². The molecule has 2 amide bonds. The number of piperidine rings is 1. The van der Waals surface area contributed by atoms with E-state index in [1.54, 1.807) is 53.7 Å². The number of anilines is 1. The van der Waals surface area contributed by atoms with Crippen LogP contribution < -0.4 is 10.6 Å². The Morgan fingerprint density at radius 3 is 2.77 bits per heavy atom. The normalized spacial score (nSPS) is 18.3. The molecule has 0 bridgehead atoms. The van der Waals surface area contributed by atoms with Gasteiger partial charge in [-0.3, -0.25) is 9.59 Å². The van der Waals surface area contributed by atoms with Gasteiger partial charge in [-0.15, -0.1) is 11.3 Å². The molecule has 1 saturated heterocycles. The van der Waals surface area contributed by atoms with Crippen molar-refractivity contribution in [2.45, 2.75) is 30.2 Å². The summed E-state index contributed by atoms with van der Waals surface area (Å²) in [7, 11) is -3.66. The summed E-state index contributed by atoms with van der Waals surface area (Å²) in [5.41, 5.74) is 0. The van der Waals surface area contributed by atoms with Crippen molar-refractivity contribution in [2.75, 3.05) is 30.4 Å². The summed E-state index contributed by atoms with van der Waals surface area (Å²) in [6, 6.07) is 7.53. The molecular formula is C20H26N4O4S3. The smallest absolute Gasteiger partial charge is 0.248 e. The minimum absolute atomic E-state index is 0.104. The fraction of sp³-hybridized carbons (Fsp3) is 0.450. The van der Waals surface area contributed by atoms with Gasteiger partial charge in [-0.1, -0.05) is 18.2 Å². The molecule has 0 spiro atoms. The third-order valence-electron chi connectivity index (χ3n) is 5.04. The van der Waals surface area contributed by atoms with Gasteiger partial charge in [0.15, 0.2) is 5.13 Å². The summed E-state index contributed by atoms with van der Waals surface area (Å²) >= 11 is 2.89. The minimum Gasteiger partial charge on any atom is -0.344 e. The lowest BCUT2D eigenvalue weighted by Gasteiger charge is -2.32. The molecule has 2 heterocycles. The van der Waals surface area contributed by atoms with Crippen LogP contribution in [0.5, 0.6) is 0 Å². The SMILES string of the molecule is CSCC[C@@H](NC(=O)[C@H]1CCCN(S(=O)(=O)c2ccccc2)C1)C(=O)Nc1nccs1. The molecule has 0 aliphatic carbocycles. The fourth-order valence-corrected chi connectivity index (χ4v) is 5.94. The molecule has 2 atom stereocenters. The number of hydrogen-bond donors (Lipinski definition) is 2. The first-order chi connectivity index (χ1) is 14.9. The van der Waals surface area contributed by atoms with Gasteiger partial charge < -0.3 is 10.6 Å². The molecular weight excluding hydrogens is 456 g/mol. The second-order valence-electron chi connectivity index (χ2n) is 7.18. The van der Waals surface area contributed by atoms with Gasteiger partial charge in [0.25, 0.3) is 0 Å². The number of carbonyl (C=O) groups excluding carboxylic acids is 2. The van der Waals surface area contributed by atoms with Gasteiger partial charge >= 0.3 is 0 Å². The molecule has 11 heteroatoms. The van der Waals surface area contributed by atoms with Gasteiger partial charge in [0.2, 0.25) is 21.8 Å². The summed E-state index contributed by atoms with van der Waals surface area (Å²) in [6.07, 6.45) is 5.18. The lowest BCUT2D eigenvalue weighted by Crippen LogP contribution is -2.50. The van der Waals surface area contributed by atoms with Crippen molar-refractivity contribution < 1.29 is 18.0 Å². The van der Waals surface area contributed by atoms with Crippen LogP contribution in [0.3, 0.4) is 0 Å². The Labute approximate surface area is 190 Å². The molecule has 8 nitrogen and oxygen atoms in total. The highest BCUT2D eigenvalue weighted by Crippen LogP contribution is 2.24. The Morgan fingerprint density at radius 2 is 2.10 bits per heavy atom. The van der Waals surface area contributed by atoms with E-state index in [9.17, 15) is 18.0 Å². The Morgan fingerprint density at radius 1 is 1.32 bits per heavy atom. The largest absolute Gasteiger partial charge is 0.344 e. The third kappa shape index (κ3) is 6.28. The molecule has 1 aliphatic heterocycles. The summed E-state index contributed by atoms with van der Waals surface area (Å²) < 4.78 is 27.2. The van der Waals surface area contributed by atoms with Gasteiger partial charge in [0.05, 0.1) is 10.8 Å². The maximum atomic E-state index is 13.0. The van der Waals surface area contributed by atoms with E-state index in [2.05, 4.69) is 15.6 Å². The maximum Gasteiger partial charge on any atom is 0.248 e. The molecule has 1 aromatic carbocycles. The van der Waals surface area contributed by atoms with E-state index in [0.29, 0.717) is 36.7 Å². The molecule has 0 radical (unpaired) electrons. The molecule has 2 N–H and O–H groups in total. The van der Waals surface area contributed by atoms with E-state index in [0.717, 1.165) is 0 Å². The van der Waals surface area contributed by atoms with Crippen molar-refractivity contribution in [3.05, 3.63) is 41.9 Å². The predicted molar refractivity (Wildman–Crippen MR) is 124 cm³/mol. The number of thiazole rings is 1. The highest BCUT2D eigenvalue weighted by Gasteiger charge is 2.34. The van der Waals surface area contributed by atoms with Crippen LogP contribution in [0.25, 0.3) is 0 Å². The zero-order chi connectivity index (χ0) is 22.3. The molecule has 2 aromatic rings. The standard InChI is InChI=1S/C20H26N4O4S3/c1-29-12-9-17(19(26)23-20-21-10-13-30-20)22-18(25)15-6-5-11-24(14-15)31(27,28)16-7-3-2-4-8-16/h2-4,7-8,10,13,15,17H,5-6,9,11-12,14H2,1H3,(H,22,25)(H,21,23,26)/t15-,17+/m0/s1. The number of hydrogen-bond acceptors (Lipinski definition) is 7. The number of nitrogens with zero attached hydrogens (tertiary/aromatic N) is 2. The Hall–Kier alpha value is -1.95. The topological polar surface area (TPSA) is 108 Å². The number of nitrogens with one attached hydrogen (secondary N) is 2. The molecule has 3 rings (SSSR count). The van der Waals surface area contributed by atoms with Crippen LogP contribution in [0.1, 0.15) is 19.3 Å². The first-order valence-electron chi connectivity index (χ1n) is 9.96. The first-order valence-corrected chi connectivity index (χ1v) is 13.7. The van der Waals surface area contributed by atoms with Crippen LogP contribution >= 0.6 is 23.1 Å². The molecule has 0 unspecified atom stereocenters. The second kappa shape index (κ2) is 11.1. The molecule has 1 fully saturated rings. The van der Waals surface area contributed by atoms with Gasteiger partial charge in [0.1, 0.15) is 6.04 Å². The Balaban J connectivity index is 1.66. The van der Waals surface area contributed by atoms with E-state index in [1.165, 1.54) is 15.6 Å². The van der Waals surface area contributed by atoms with Crippen LogP contribution in [-0.2, 0) is 19.6 Å². The summed E-state index contributed by atoms with van der Waals surface area (Å²) in [5.74, 6) is -0.415. The van der Waals surface area contributed by atoms with Crippen LogP contribution in [0.4, 0.5) is 5.13 Å². The highest BCUT2D eigenvalue weighted by atomic mass is 32.2. The average Bonchev–Trinajstić information content (AvgIpc) is 3.30. The average molecular weight is 483 g/mol. The van der Waals surface area contributed by atoms with E-state index >= 15 is 0 Å². The molecule has 31 heavy (non-hydrogen) atoms.